The molecule has 1 rings (SSSR count). The van der Waals surface area contributed by atoms with Gasteiger partial charge in [-0.3, -0.25) is 4.52 Å². The lowest BCUT2D eigenvalue weighted by Crippen LogP contribution is -2.22. The molecule has 12 heavy (non-hydrogen) atoms. The molecule has 1 atom stereocenters. The number of rotatable bonds is 4. The summed E-state index contributed by atoms with van der Waals surface area (Å²) in [5.41, 5.74) is 0. The van der Waals surface area contributed by atoms with E-state index in [1.165, 1.54) is 0 Å². The second-order valence-electron chi connectivity index (χ2n) is 2.91. The first kappa shape index (κ1) is 10.2. The Balaban J connectivity index is 2.05. The summed E-state index contributed by atoms with van der Waals surface area (Å²) in [7, 11) is -4.25. The molecule has 0 aromatic rings. The molecule has 0 spiro atoms. The first-order chi connectivity index (χ1) is 5.58. The summed E-state index contributed by atoms with van der Waals surface area (Å²) in [6, 6.07) is 0.372. The van der Waals surface area contributed by atoms with Crippen LogP contribution in [0.3, 0.4) is 0 Å². The van der Waals surface area contributed by atoms with Crippen LogP contribution in [0.4, 0.5) is 0 Å². The summed E-state index contributed by atoms with van der Waals surface area (Å²) in [5, 5.41) is 3.21. The first-order valence-corrected chi connectivity index (χ1v) is 5.54. The highest BCUT2D eigenvalue weighted by Crippen LogP contribution is 2.35. The Hall–Kier alpha value is 0.0700. The molecule has 0 unspecified atom stereocenters. The van der Waals surface area contributed by atoms with Gasteiger partial charge in [-0.25, -0.2) is 4.57 Å². The van der Waals surface area contributed by atoms with Crippen LogP contribution in [0.15, 0.2) is 0 Å². The molecule has 0 saturated carbocycles. The maximum absolute atomic E-state index is 10.3. The van der Waals surface area contributed by atoms with Crippen molar-refractivity contribution in [2.45, 2.75) is 25.3 Å². The Kier molecular flexibility index (Phi) is 3.68. The van der Waals surface area contributed by atoms with E-state index < -0.39 is 7.82 Å². The van der Waals surface area contributed by atoms with Crippen molar-refractivity contribution in [3.05, 3.63) is 0 Å². The second-order valence-corrected chi connectivity index (χ2v) is 4.15. The average molecular weight is 195 g/mol. The third-order valence-corrected chi connectivity index (χ3v) is 2.41. The molecule has 72 valence electrons. The van der Waals surface area contributed by atoms with E-state index in [9.17, 15) is 4.57 Å². The molecule has 0 bridgehead atoms. The van der Waals surface area contributed by atoms with E-state index in [1.54, 1.807) is 0 Å². The fourth-order valence-electron chi connectivity index (χ4n) is 1.32. The topological polar surface area (TPSA) is 78.8 Å². The van der Waals surface area contributed by atoms with Gasteiger partial charge in [0.2, 0.25) is 0 Å². The minimum Gasteiger partial charge on any atom is -0.314 e. The molecule has 1 saturated heterocycles. The summed E-state index contributed by atoms with van der Waals surface area (Å²) < 4.78 is 14.6. The molecule has 1 aliphatic heterocycles. The molecule has 1 fully saturated rings. The summed E-state index contributed by atoms with van der Waals surface area (Å²) in [5.74, 6) is 0. The maximum atomic E-state index is 10.3. The molecule has 0 radical (unpaired) electrons. The molecular weight excluding hydrogens is 181 g/mol. The number of phosphoric ester groups is 1. The van der Waals surface area contributed by atoms with E-state index in [4.69, 9.17) is 9.79 Å². The average Bonchev–Trinajstić information content (AvgIpc) is 2.36. The van der Waals surface area contributed by atoms with Crippen LogP contribution in [0.1, 0.15) is 19.3 Å². The van der Waals surface area contributed by atoms with Crippen LogP contribution in [-0.2, 0) is 9.09 Å². The highest BCUT2D eigenvalue weighted by atomic mass is 31.2. The summed E-state index contributed by atoms with van der Waals surface area (Å²) in [4.78, 5) is 16.7. The fourth-order valence-corrected chi connectivity index (χ4v) is 1.66. The monoisotopic (exact) mass is 195 g/mol. The molecule has 1 aliphatic rings. The van der Waals surface area contributed by atoms with Crippen LogP contribution < -0.4 is 5.32 Å². The highest BCUT2D eigenvalue weighted by molar-refractivity contribution is 7.46. The Labute approximate surface area is 71.4 Å². The van der Waals surface area contributed by atoms with Gasteiger partial charge in [-0.1, -0.05) is 0 Å². The van der Waals surface area contributed by atoms with Crippen molar-refractivity contribution in [2.24, 2.45) is 0 Å². The molecule has 0 amide bonds. The van der Waals surface area contributed by atoms with Crippen LogP contribution in [0.2, 0.25) is 0 Å². The van der Waals surface area contributed by atoms with Gasteiger partial charge in [0.25, 0.3) is 0 Å². The van der Waals surface area contributed by atoms with Crippen molar-refractivity contribution in [3.63, 3.8) is 0 Å². The number of nitrogens with one attached hydrogen (secondary N) is 1. The van der Waals surface area contributed by atoms with Gasteiger partial charge in [-0.2, -0.15) is 0 Å². The molecule has 0 aromatic carbocycles. The largest absolute Gasteiger partial charge is 0.469 e. The zero-order valence-electron chi connectivity index (χ0n) is 6.77. The van der Waals surface area contributed by atoms with Gasteiger partial charge >= 0.3 is 7.82 Å². The van der Waals surface area contributed by atoms with Gasteiger partial charge in [-0.15, -0.1) is 0 Å². The normalized spacial score (nSPS) is 24.7. The fraction of sp³-hybridized carbons (Fsp3) is 1.00. The van der Waals surface area contributed by atoms with Crippen LogP contribution in [0.5, 0.6) is 0 Å². The van der Waals surface area contributed by atoms with E-state index in [0.29, 0.717) is 12.5 Å². The lowest BCUT2D eigenvalue weighted by Gasteiger charge is -2.10. The number of phosphoric acid groups is 1. The molecule has 0 aliphatic carbocycles. The van der Waals surface area contributed by atoms with Crippen LogP contribution >= 0.6 is 7.82 Å². The van der Waals surface area contributed by atoms with Crippen molar-refractivity contribution in [1.82, 2.24) is 5.32 Å². The lowest BCUT2D eigenvalue weighted by molar-refractivity contribution is 0.189. The predicted molar refractivity (Wildman–Crippen MR) is 43.6 cm³/mol. The van der Waals surface area contributed by atoms with Gasteiger partial charge in [0.15, 0.2) is 0 Å². The van der Waals surface area contributed by atoms with Crippen LogP contribution in [0.25, 0.3) is 0 Å². The quantitative estimate of drug-likeness (QED) is 0.560. The van der Waals surface area contributed by atoms with Gasteiger partial charge in [0.05, 0.1) is 6.61 Å². The third kappa shape index (κ3) is 4.18. The molecule has 3 N–H and O–H groups in total. The minimum absolute atomic E-state index is 0.127. The zero-order valence-corrected chi connectivity index (χ0v) is 7.67. The number of hydrogen-bond acceptors (Lipinski definition) is 3. The minimum atomic E-state index is -4.25. The summed E-state index contributed by atoms with van der Waals surface area (Å²) >= 11 is 0. The van der Waals surface area contributed by atoms with Gasteiger partial charge in [0, 0.05) is 6.04 Å². The molecule has 6 heteroatoms. The Morgan fingerprint density at radius 3 is 2.83 bits per heavy atom. The van der Waals surface area contributed by atoms with Crippen molar-refractivity contribution in [1.29, 1.82) is 0 Å². The lowest BCUT2D eigenvalue weighted by atomic mass is 10.2. The van der Waals surface area contributed by atoms with Crippen molar-refractivity contribution >= 4 is 7.82 Å². The summed E-state index contributed by atoms with van der Waals surface area (Å²) in [6.07, 6.45) is 2.89. The van der Waals surface area contributed by atoms with Gasteiger partial charge in [-0.05, 0) is 25.8 Å². The van der Waals surface area contributed by atoms with Crippen molar-refractivity contribution in [2.75, 3.05) is 13.2 Å². The molecular formula is C6H14NO4P. The van der Waals surface area contributed by atoms with E-state index in [2.05, 4.69) is 9.84 Å². The SMILES string of the molecule is O=P(O)(O)OCC[C@@H]1CCCN1. The van der Waals surface area contributed by atoms with E-state index in [-0.39, 0.29) is 6.61 Å². The first-order valence-electron chi connectivity index (χ1n) is 4.01. The molecule has 5 nitrogen and oxygen atoms in total. The predicted octanol–water partition coefficient (Wildman–Crippen LogP) is 0.238. The maximum Gasteiger partial charge on any atom is 0.469 e. The van der Waals surface area contributed by atoms with Gasteiger partial charge < -0.3 is 15.1 Å². The van der Waals surface area contributed by atoms with E-state index in [1.807, 2.05) is 0 Å². The van der Waals surface area contributed by atoms with E-state index in [0.717, 1.165) is 19.4 Å². The third-order valence-electron chi connectivity index (χ3n) is 1.89. The summed E-state index contributed by atoms with van der Waals surface area (Å²) in [6.45, 7) is 1.13. The standard InChI is InChI=1S/C6H14NO4P/c8-12(9,10)11-5-3-6-2-1-4-7-6/h6-7H,1-5H2,(H2,8,9,10)/t6-/m0/s1. The van der Waals surface area contributed by atoms with Crippen molar-refractivity contribution in [3.8, 4) is 0 Å². The van der Waals surface area contributed by atoms with E-state index >= 15 is 0 Å². The van der Waals surface area contributed by atoms with Crippen LogP contribution in [0, 0.1) is 0 Å². The van der Waals surface area contributed by atoms with Crippen LogP contribution in [-0.4, -0.2) is 29.0 Å². The Morgan fingerprint density at radius 2 is 2.33 bits per heavy atom. The molecule has 1 heterocycles. The second kappa shape index (κ2) is 4.35. The highest BCUT2D eigenvalue weighted by Gasteiger charge is 2.17. The van der Waals surface area contributed by atoms with Gasteiger partial charge in [0.1, 0.15) is 0 Å². The molecule has 0 aromatic heterocycles. The smallest absolute Gasteiger partial charge is 0.314 e. The Morgan fingerprint density at radius 1 is 1.58 bits per heavy atom. The Bertz CT molecular complexity index is 174. The number of hydrogen-bond donors (Lipinski definition) is 3. The zero-order chi connectivity index (χ0) is 9.03. The van der Waals surface area contributed by atoms with Crippen molar-refractivity contribution < 1.29 is 18.9 Å².